The van der Waals surface area contributed by atoms with E-state index in [2.05, 4.69) is 15.9 Å². The predicted octanol–water partition coefficient (Wildman–Crippen LogP) is 6.80. The largest absolute Gasteiger partial charge is 0.404 e. The molecule has 3 aromatic carbocycles. The Morgan fingerprint density at radius 3 is 2.16 bits per heavy atom. The second kappa shape index (κ2) is 13.5. The van der Waals surface area contributed by atoms with Gasteiger partial charge in [0.25, 0.3) is 5.69 Å². The van der Waals surface area contributed by atoms with Crippen LogP contribution in [0.15, 0.2) is 87.1 Å². The van der Waals surface area contributed by atoms with E-state index in [1.807, 2.05) is 0 Å². The minimum atomic E-state index is -4.87. The molecule has 0 radical (unpaired) electrons. The summed E-state index contributed by atoms with van der Waals surface area (Å²) in [4.78, 5) is 24.5. The predicted molar refractivity (Wildman–Crippen MR) is 167 cm³/mol. The number of hydrogen-bond donors (Lipinski definition) is 0. The van der Waals surface area contributed by atoms with Crippen molar-refractivity contribution in [1.29, 1.82) is 0 Å². The number of halogens is 3. The van der Waals surface area contributed by atoms with E-state index in [4.69, 9.17) is 9.05 Å². The number of hydrogen-bond acceptors (Lipinski definition) is 8. The highest BCUT2D eigenvalue weighted by Gasteiger charge is 2.55. The normalized spacial score (nSPS) is 12.4. The van der Waals surface area contributed by atoms with Gasteiger partial charge in [-0.1, -0.05) is 52.3 Å². The first-order valence-corrected chi connectivity index (χ1v) is 17.7. The fourth-order valence-electron chi connectivity index (χ4n) is 4.64. The van der Waals surface area contributed by atoms with Gasteiger partial charge in [-0.25, -0.2) is 13.2 Å². The summed E-state index contributed by atoms with van der Waals surface area (Å²) >= 11 is 3.15. The van der Waals surface area contributed by atoms with Crippen molar-refractivity contribution in [1.82, 2.24) is 9.13 Å². The van der Waals surface area contributed by atoms with E-state index in [-0.39, 0.29) is 41.4 Å². The second-order valence-electron chi connectivity index (χ2n) is 9.92. The maximum Gasteiger partial charge on any atom is 0.404 e. The van der Waals surface area contributed by atoms with E-state index in [9.17, 15) is 27.9 Å². The van der Waals surface area contributed by atoms with Crippen molar-refractivity contribution in [2.45, 2.75) is 37.5 Å². The molecule has 0 saturated carbocycles. The first kappa shape index (κ1) is 34.4. The third kappa shape index (κ3) is 7.33. The molecule has 0 N–H and O–H groups in total. The monoisotopic (exact) mass is 727 g/mol. The van der Waals surface area contributed by atoms with E-state index < -0.39 is 39.3 Å². The molecular weight excluding hydrogens is 699 g/mol. The number of benzene rings is 3. The number of aromatic nitrogens is 2. The Morgan fingerprint density at radius 1 is 0.978 bits per heavy atom. The van der Waals surface area contributed by atoms with Crippen molar-refractivity contribution < 1.29 is 35.7 Å². The third-order valence-electron chi connectivity index (χ3n) is 6.74. The number of sulfone groups is 1. The third-order valence-corrected chi connectivity index (χ3v) is 10.6. The summed E-state index contributed by atoms with van der Waals surface area (Å²) in [6.07, 6.45) is 2.61. The van der Waals surface area contributed by atoms with Crippen LogP contribution in [0.1, 0.15) is 30.5 Å². The zero-order valence-electron chi connectivity index (χ0n) is 24.4. The molecule has 0 aliphatic rings. The van der Waals surface area contributed by atoms with E-state index in [1.165, 1.54) is 83.8 Å². The molecule has 0 spiro atoms. The van der Waals surface area contributed by atoms with E-state index >= 15 is 8.78 Å². The Morgan fingerprint density at radius 2 is 1.60 bits per heavy atom. The van der Waals surface area contributed by atoms with Gasteiger partial charge in [0.1, 0.15) is 0 Å². The molecule has 0 fully saturated rings. The number of nitrogens with zero attached hydrogens (tertiary/aromatic N) is 3. The maximum atomic E-state index is 15.5. The zero-order valence-corrected chi connectivity index (χ0v) is 27.7. The van der Waals surface area contributed by atoms with Gasteiger partial charge in [-0.15, -0.1) is 0 Å². The molecule has 240 valence electrons. The summed E-state index contributed by atoms with van der Waals surface area (Å²) in [5.74, 6) is 0. The lowest BCUT2D eigenvalue weighted by Gasteiger charge is -2.26. The van der Waals surface area contributed by atoms with Gasteiger partial charge in [0.05, 0.1) is 41.8 Å². The van der Waals surface area contributed by atoms with Crippen molar-refractivity contribution in [2.75, 3.05) is 19.5 Å². The molecule has 4 aromatic rings. The summed E-state index contributed by atoms with van der Waals surface area (Å²) in [5, 5.41) is 11.3. The summed E-state index contributed by atoms with van der Waals surface area (Å²) in [6, 6.07) is 15.5. The lowest BCUT2D eigenvalue weighted by atomic mass is 10.1. The van der Waals surface area contributed by atoms with Crippen LogP contribution in [-0.4, -0.2) is 41.9 Å². The zero-order chi connectivity index (χ0) is 33.2. The highest BCUT2D eigenvalue weighted by molar-refractivity contribution is 9.10. The summed E-state index contributed by atoms with van der Waals surface area (Å²) in [5.41, 5.74) is -3.46. The number of nitro groups is 1. The van der Waals surface area contributed by atoms with Crippen LogP contribution in [0.5, 0.6) is 0 Å². The van der Waals surface area contributed by atoms with E-state index in [0.29, 0.717) is 22.4 Å². The number of rotatable bonds is 13. The van der Waals surface area contributed by atoms with Gasteiger partial charge in [0.2, 0.25) is 0 Å². The number of alkyl halides is 2. The van der Waals surface area contributed by atoms with Crippen molar-refractivity contribution in [2.24, 2.45) is 0 Å². The molecular formula is C29H29BrF2N3O8PS. The van der Waals surface area contributed by atoms with Gasteiger partial charge in [-0.3, -0.25) is 23.8 Å². The topological polar surface area (TPSA) is 140 Å². The number of nitro benzene ring substituents is 1. The van der Waals surface area contributed by atoms with Crippen LogP contribution in [0.4, 0.5) is 14.5 Å². The Balaban J connectivity index is 1.78. The molecule has 0 bridgehead atoms. The fourth-order valence-corrected chi connectivity index (χ4v) is 7.66. The highest BCUT2D eigenvalue weighted by Crippen LogP contribution is 2.67. The Labute approximate surface area is 266 Å². The van der Waals surface area contributed by atoms with Gasteiger partial charge in [0, 0.05) is 34.6 Å². The molecule has 0 amide bonds. The SMILES string of the molecule is CCOP(=O)(OCC)C(F)(F)c1ccc(Cn2c(-c3ccc(S(C)(=O)=O)cc3)cn(Cc3cccc([N+](=O)[O-])c3)c2=O)cc1Br. The van der Waals surface area contributed by atoms with Crippen LogP contribution in [0, 0.1) is 10.1 Å². The Bertz CT molecular complexity index is 1940. The van der Waals surface area contributed by atoms with Gasteiger partial charge in [-0.05, 0) is 48.7 Å². The summed E-state index contributed by atoms with van der Waals surface area (Å²) < 4.78 is 80.3. The maximum absolute atomic E-state index is 15.5. The van der Waals surface area contributed by atoms with Crippen LogP contribution >= 0.6 is 23.5 Å². The van der Waals surface area contributed by atoms with Crippen LogP contribution in [0.25, 0.3) is 11.3 Å². The lowest BCUT2D eigenvalue weighted by Crippen LogP contribution is -2.25. The average Bonchev–Trinajstić information content (AvgIpc) is 3.27. The minimum Gasteiger partial charge on any atom is -0.304 e. The van der Waals surface area contributed by atoms with Gasteiger partial charge < -0.3 is 9.05 Å². The smallest absolute Gasteiger partial charge is 0.304 e. The van der Waals surface area contributed by atoms with Crippen LogP contribution in [-0.2, 0) is 42.2 Å². The first-order valence-electron chi connectivity index (χ1n) is 13.5. The molecule has 0 unspecified atom stereocenters. The van der Waals surface area contributed by atoms with Crippen molar-refractivity contribution in [3.63, 3.8) is 0 Å². The Hall–Kier alpha value is -3.49. The van der Waals surface area contributed by atoms with Gasteiger partial charge in [0.15, 0.2) is 9.84 Å². The van der Waals surface area contributed by atoms with E-state index in [1.54, 1.807) is 6.07 Å². The standard InChI is InChI=1S/C29H29BrF2N3O8PS/c1-4-42-44(39,43-5-2)29(31,32)25-14-9-21(16-26(25)30)18-34-27(22-10-12-24(13-11-22)45(3,40)41)19-33(28(34)36)17-20-7-6-8-23(15-20)35(37)38/h6-16,19H,4-5,17-18H2,1-3H3. The molecule has 1 heterocycles. The van der Waals surface area contributed by atoms with Gasteiger partial charge in [-0.2, -0.15) is 8.78 Å². The van der Waals surface area contributed by atoms with E-state index in [0.717, 1.165) is 12.3 Å². The highest BCUT2D eigenvalue weighted by atomic mass is 79.9. The minimum absolute atomic E-state index is 0.0130. The molecule has 0 saturated heterocycles. The van der Waals surface area contributed by atoms with Crippen molar-refractivity contribution in [3.8, 4) is 11.3 Å². The summed E-state index contributed by atoms with van der Waals surface area (Å²) in [6.45, 7) is 2.23. The van der Waals surface area contributed by atoms with Gasteiger partial charge >= 0.3 is 18.9 Å². The van der Waals surface area contributed by atoms with Crippen LogP contribution in [0.2, 0.25) is 0 Å². The molecule has 0 atom stereocenters. The molecule has 0 aliphatic heterocycles. The number of imidazole rings is 1. The molecule has 1 aromatic heterocycles. The number of non-ortho nitro benzene ring substituents is 1. The second-order valence-corrected chi connectivity index (χ2v) is 14.9. The fraction of sp³-hybridized carbons (Fsp3) is 0.276. The summed E-state index contributed by atoms with van der Waals surface area (Å²) in [7, 11) is -8.36. The van der Waals surface area contributed by atoms with Crippen molar-refractivity contribution in [3.05, 3.63) is 115 Å². The molecule has 4 rings (SSSR count). The lowest BCUT2D eigenvalue weighted by molar-refractivity contribution is -0.384. The van der Waals surface area contributed by atoms with Crippen LogP contribution in [0.3, 0.4) is 0 Å². The Kier molecular flexibility index (Phi) is 10.3. The molecule has 11 nitrogen and oxygen atoms in total. The molecule has 0 aliphatic carbocycles. The average molecular weight is 729 g/mol. The first-order chi connectivity index (χ1) is 21.1. The van der Waals surface area contributed by atoms with Crippen molar-refractivity contribution >= 4 is 39.1 Å². The van der Waals surface area contributed by atoms with Crippen LogP contribution < -0.4 is 5.69 Å². The molecule has 45 heavy (non-hydrogen) atoms. The quantitative estimate of drug-likeness (QED) is 0.0832. The molecule has 16 heteroatoms.